The predicted molar refractivity (Wildman–Crippen MR) is 83.3 cm³/mol. The number of rotatable bonds is 9. The van der Waals surface area contributed by atoms with Gasteiger partial charge < -0.3 is 5.32 Å². The van der Waals surface area contributed by atoms with E-state index in [4.69, 9.17) is 0 Å². The number of carbonyl (C=O) groups excluding carboxylic acids is 2. The van der Waals surface area contributed by atoms with E-state index in [1.807, 2.05) is 0 Å². The molecule has 1 saturated carbocycles. The number of amides is 1. The van der Waals surface area contributed by atoms with Crippen molar-refractivity contribution in [1.82, 2.24) is 30.5 Å². The quantitative estimate of drug-likeness (QED) is 0.544. The molecular weight excluding hydrogens is 316 g/mol. The molecular formula is C14H18N6O2S. The van der Waals surface area contributed by atoms with E-state index in [2.05, 4.69) is 25.8 Å². The highest BCUT2D eigenvalue weighted by molar-refractivity contribution is 7.12. The van der Waals surface area contributed by atoms with Gasteiger partial charge >= 0.3 is 0 Å². The largest absolute Gasteiger partial charge is 0.350 e. The van der Waals surface area contributed by atoms with E-state index in [-0.39, 0.29) is 5.91 Å². The van der Waals surface area contributed by atoms with E-state index in [1.165, 1.54) is 24.2 Å². The van der Waals surface area contributed by atoms with Crippen LogP contribution in [0.2, 0.25) is 0 Å². The van der Waals surface area contributed by atoms with Gasteiger partial charge in [0.1, 0.15) is 5.01 Å². The molecule has 0 spiro atoms. The van der Waals surface area contributed by atoms with Crippen LogP contribution in [0.3, 0.4) is 0 Å². The summed E-state index contributed by atoms with van der Waals surface area (Å²) in [5, 5.41) is 19.7. The van der Waals surface area contributed by atoms with Crippen molar-refractivity contribution in [2.45, 2.75) is 38.6 Å². The zero-order valence-corrected chi connectivity index (χ0v) is 13.5. The van der Waals surface area contributed by atoms with Crippen LogP contribution in [0.25, 0.3) is 0 Å². The zero-order chi connectivity index (χ0) is 16.1. The first-order chi connectivity index (χ1) is 11.2. The molecule has 23 heavy (non-hydrogen) atoms. The van der Waals surface area contributed by atoms with Gasteiger partial charge in [0.25, 0.3) is 5.91 Å². The Bertz CT molecular complexity index is 678. The van der Waals surface area contributed by atoms with Gasteiger partial charge in [0, 0.05) is 19.5 Å². The third-order valence-electron chi connectivity index (χ3n) is 3.63. The fourth-order valence-electron chi connectivity index (χ4n) is 2.13. The minimum absolute atomic E-state index is 0.154. The van der Waals surface area contributed by atoms with Crippen LogP contribution in [0.5, 0.6) is 0 Å². The smallest absolute Gasteiger partial charge is 0.273 e. The highest BCUT2D eigenvalue weighted by Crippen LogP contribution is 2.27. The summed E-state index contributed by atoms with van der Waals surface area (Å²) in [6, 6.07) is 0. The monoisotopic (exact) mass is 334 g/mol. The average molecular weight is 334 g/mol. The van der Waals surface area contributed by atoms with Crippen molar-refractivity contribution in [1.29, 1.82) is 0 Å². The Morgan fingerprint density at radius 3 is 2.96 bits per heavy atom. The lowest BCUT2D eigenvalue weighted by molar-refractivity contribution is 0.0946. The summed E-state index contributed by atoms with van der Waals surface area (Å²) in [5.74, 6) is 0.493. The maximum atomic E-state index is 11.9. The summed E-state index contributed by atoms with van der Waals surface area (Å²) in [5.41, 5.74) is 0.366. The van der Waals surface area contributed by atoms with Crippen LogP contribution in [-0.2, 0) is 13.0 Å². The van der Waals surface area contributed by atoms with Crippen LogP contribution in [0.1, 0.15) is 51.0 Å². The summed E-state index contributed by atoms with van der Waals surface area (Å²) in [6.07, 6.45) is 7.39. The molecule has 1 fully saturated rings. The number of unbranched alkanes of at least 4 members (excludes halogenated alkanes) is 1. The molecule has 1 aliphatic rings. The van der Waals surface area contributed by atoms with Gasteiger partial charge in [-0.15, -0.1) is 15.3 Å². The van der Waals surface area contributed by atoms with Crippen LogP contribution >= 0.6 is 11.3 Å². The Morgan fingerprint density at radius 2 is 2.22 bits per heavy atom. The molecule has 2 aromatic heterocycles. The first-order valence-corrected chi connectivity index (χ1v) is 8.52. The Balaban J connectivity index is 1.38. The molecule has 8 nitrogen and oxygen atoms in total. The third kappa shape index (κ3) is 4.65. The van der Waals surface area contributed by atoms with Gasteiger partial charge in [-0.25, -0.2) is 0 Å². The summed E-state index contributed by atoms with van der Waals surface area (Å²) in [6.45, 7) is 1.43. The lowest BCUT2D eigenvalue weighted by Gasteiger charge is -2.00. The average Bonchev–Trinajstić information content (AvgIpc) is 3.08. The Hall–Kier alpha value is -2.16. The lowest BCUT2D eigenvalue weighted by Crippen LogP contribution is -2.25. The molecule has 2 heterocycles. The normalized spacial score (nSPS) is 13.9. The van der Waals surface area contributed by atoms with Gasteiger partial charge in [-0.1, -0.05) is 16.6 Å². The van der Waals surface area contributed by atoms with Gasteiger partial charge in [-0.05, 0) is 31.6 Å². The van der Waals surface area contributed by atoms with Crippen molar-refractivity contribution in [2.24, 2.45) is 5.92 Å². The van der Waals surface area contributed by atoms with Crippen molar-refractivity contribution in [2.75, 3.05) is 6.54 Å². The number of nitrogens with one attached hydrogen (secondary N) is 1. The molecule has 3 rings (SSSR count). The number of carbonyl (C=O) groups is 2. The number of aromatic nitrogens is 5. The topological polar surface area (TPSA) is 103 Å². The Morgan fingerprint density at radius 1 is 1.35 bits per heavy atom. The summed E-state index contributed by atoms with van der Waals surface area (Å²) >= 11 is 1.32. The van der Waals surface area contributed by atoms with E-state index >= 15 is 0 Å². The Kier molecular flexibility index (Phi) is 5.06. The van der Waals surface area contributed by atoms with Crippen LogP contribution in [-0.4, -0.2) is 43.9 Å². The van der Waals surface area contributed by atoms with E-state index in [1.54, 1.807) is 10.9 Å². The molecule has 1 aliphatic carbocycles. The summed E-state index contributed by atoms with van der Waals surface area (Å²) in [7, 11) is 0. The first kappa shape index (κ1) is 15.7. The van der Waals surface area contributed by atoms with E-state index in [0.717, 1.165) is 30.8 Å². The second-order valence-corrected chi connectivity index (χ2v) is 6.72. The molecule has 0 aliphatic heterocycles. The van der Waals surface area contributed by atoms with Gasteiger partial charge in [0.2, 0.25) is 0 Å². The van der Waals surface area contributed by atoms with Crippen molar-refractivity contribution in [3.05, 3.63) is 21.9 Å². The van der Waals surface area contributed by atoms with E-state index in [0.29, 0.717) is 29.5 Å². The minimum atomic E-state index is -0.154. The highest BCUT2D eigenvalue weighted by atomic mass is 32.1. The van der Waals surface area contributed by atoms with Crippen molar-refractivity contribution in [3.8, 4) is 0 Å². The lowest BCUT2D eigenvalue weighted by atomic mass is 10.2. The third-order valence-corrected chi connectivity index (χ3v) is 4.54. The first-order valence-electron chi connectivity index (χ1n) is 7.70. The molecule has 2 aromatic rings. The van der Waals surface area contributed by atoms with Crippen molar-refractivity contribution >= 4 is 23.5 Å². The maximum Gasteiger partial charge on any atom is 0.273 e. The highest BCUT2D eigenvalue weighted by Gasteiger charge is 2.22. The number of hydrogen-bond acceptors (Lipinski definition) is 7. The van der Waals surface area contributed by atoms with Gasteiger partial charge in [-0.3, -0.25) is 14.3 Å². The molecule has 1 N–H and O–H groups in total. The fraction of sp³-hybridized carbons (Fsp3) is 0.571. The second kappa shape index (κ2) is 7.40. The van der Waals surface area contributed by atoms with Crippen LogP contribution in [0.15, 0.2) is 6.20 Å². The second-order valence-electron chi connectivity index (χ2n) is 5.63. The van der Waals surface area contributed by atoms with Gasteiger partial charge in [0.05, 0.1) is 6.20 Å². The molecule has 0 bridgehead atoms. The summed E-state index contributed by atoms with van der Waals surface area (Å²) in [4.78, 5) is 22.4. The van der Waals surface area contributed by atoms with E-state index < -0.39 is 0 Å². The van der Waals surface area contributed by atoms with Crippen LogP contribution < -0.4 is 5.32 Å². The minimum Gasteiger partial charge on any atom is -0.350 e. The molecule has 122 valence electrons. The standard InChI is InChI=1S/C14H18N6O2S/c21-9-13-18-17-12(23-13)3-1-2-6-20-8-11(16-19-20)14(22)15-7-10-4-5-10/h8-10H,1-7H2,(H,15,22). The number of aldehydes is 1. The van der Waals surface area contributed by atoms with Crippen LogP contribution in [0.4, 0.5) is 0 Å². The summed E-state index contributed by atoms with van der Waals surface area (Å²) < 4.78 is 1.68. The molecule has 0 atom stereocenters. The SMILES string of the molecule is O=Cc1nnc(CCCCn2cc(C(=O)NCC3CC3)nn2)s1. The predicted octanol–water partition coefficient (Wildman–Crippen LogP) is 1.10. The van der Waals surface area contributed by atoms with Crippen LogP contribution in [0, 0.1) is 5.92 Å². The van der Waals surface area contributed by atoms with Gasteiger partial charge in [-0.2, -0.15) is 0 Å². The molecule has 0 aromatic carbocycles. The fourth-order valence-corrected chi connectivity index (χ4v) is 2.83. The van der Waals surface area contributed by atoms with Crippen molar-refractivity contribution < 1.29 is 9.59 Å². The zero-order valence-electron chi connectivity index (χ0n) is 12.6. The molecule has 0 radical (unpaired) electrons. The maximum absolute atomic E-state index is 11.9. The molecule has 1 amide bonds. The molecule has 9 heteroatoms. The number of aryl methyl sites for hydroxylation is 2. The van der Waals surface area contributed by atoms with Gasteiger partial charge in [0.15, 0.2) is 17.0 Å². The number of nitrogens with zero attached hydrogens (tertiary/aromatic N) is 5. The number of hydrogen-bond donors (Lipinski definition) is 1. The molecule has 0 saturated heterocycles. The molecule has 0 unspecified atom stereocenters. The van der Waals surface area contributed by atoms with E-state index in [9.17, 15) is 9.59 Å². The Labute approximate surface area is 137 Å². The van der Waals surface area contributed by atoms with Crippen molar-refractivity contribution in [3.63, 3.8) is 0 Å².